The molecule has 0 spiro atoms. The van der Waals surface area contributed by atoms with Crippen LogP contribution in [-0.4, -0.2) is 17.6 Å². The van der Waals surface area contributed by atoms with Gasteiger partial charge in [-0.2, -0.15) is 0 Å². The minimum atomic E-state index is -0.245. The van der Waals surface area contributed by atoms with Crippen molar-refractivity contribution >= 4 is 11.5 Å². The van der Waals surface area contributed by atoms with Gasteiger partial charge in [-0.25, -0.2) is 9.37 Å². The van der Waals surface area contributed by atoms with Crippen LogP contribution in [0.25, 0.3) is 0 Å². The van der Waals surface area contributed by atoms with Crippen molar-refractivity contribution < 1.29 is 4.39 Å². The Bertz CT molecular complexity index is 588. The van der Waals surface area contributed by atoms with Crippen LogP contribution in [0.15, 0.2) is 42.6 Å². The fourth-order valence-electron chi connectivity index (χ4n) is 1.90. The number of pyridine rings is 1. The second kappa shape index (κ2) is 6.22. The lowest BCUT2D eigenvalue weighted by molar-refractivity contribution is 0.424. The molecule has 112 valence electrons. The summed E-state index contributed by atoms with van der Waals surface area (Å²) >= 11 is 0. The molecule has 0 aliphatic heterocycles. The second-order valence-corrected chi connectivity index (χ2v) is 6.17. The molecule has 2 aromatic rings. The molecule has 0 aliphatic rings. The summed E-state index contributed by atoms with van der Waals surface area (Å²) < 4.78 is 13.3. The molecule has 0 aliphatic carbocycles. The third-order valence-corrected chi connectivity index (χ3v) is 3.17. The predicted octanol–water partition coefficient (Wildman–Crippen LogP) is 3.88. The Hall–Kier alpha value is -1.94. The number of hydrogen-bond acceptors (Lipinski definition) is 3. The van der Waals surface area contributed by atoms with Crippen LogP contribution >= 0.6 is 0 Å². The molecule has 0 saturated carbocycles. The quantitative estimate of drug-likeness (QED) is 0.925. The van der Waals surface area contributed by atoms with Gasteiger partial charge < -0.3 is 10.2 Å². The molecule has 3 nitrogen and oxygen atoms in total. The van der Waals surface area contributed by atoms with Gasteiger partial charge in [0, 0.05) is 31.0 Å². The second-order valence-electron chi connectivity index (χ2n) is 6.17. The van der Waals surface area contributed by atoms with E-state index in [1.165, 1.54) is 12.1 Å². The van der Waals surface area contributed by atoms with Crippen LogP contribution in [-0.2, 0) is 6.54 Å². The van der Waals surface area contributed by atoms with E-state index in [0.717, 1.165) is 23.6 Å². The molecule has 1 aromatic heterocycles. The van der Waals surface area contributed by atoms with E-state index in [1.807, 2.05) is 36.3 Å². The first-order valence-corrected chi connectivity index (χ1v) is 7.04. The fourth-order valence-corrected chi connectivity index (χ4v) is 1.90. The summed E-state index contributed by atoms with van der Waals surface area (Å²) in [5, 5.41) is 3.42. The molecule has 0 bridgehead atoms. The number of rotatable bonds is 4. The average molecular weight is 287 g/mol. The van der Waals surface area contributed by atoms with Gasteiger partial charge in [-0.1, -0.05) is 12.1 Å². The standard InChI is InChI=1S/C17H22FN3/c1-17(2,3)20-12-13-8-9-16(19-11-13)21(4)15-7-5-6-14(18)10-15/h5-11,20H,12H2,1-4H3. The molecule has 4 heteroatoms. The van der Waals surface area contributed by atoms with Gasteiger partial charge in [0.15, 0.2) is 0 Å². The molecular weight excluding hydrogens is 265 g/mol. The molecule has 0 radical (unpaired) electrons. The lowest BCUT2D eigenvalue weighted by Crippen LogP contribution is -2.35. The van der Waals surface area contributed by atoms with E-state index in [2.05, 4.69) is 31.1 Å². The third-order valence-electron chi connectivity index (χ3n) is 3.17. The maximum absolute atomic E-state index is 13.3. The molecule has 0 unspecified atom stereocenters. The van der Waals surface area contributed by atoms with Crippen LogP contribution in [0.1, 0.15) is 26.3 Å². The van der Waals surface area contributed by atoms with E-state index in [-0.39, 0.29) is 11.4 Å². The molecule has 1 N–H and O–H groups in total. The lowest BCUT2D eigenvalue weighted by atomic mass is 10.1. The monoisotopic (exact) mass is 287 g/mol. The first kappa shape index (κ1) is 15.4. The van der Waals surface area contributed by atoms with Gasteiger partial charge in [0.05, 0.1) is 0 Å². The Morgan fingerprint density at radius 1 is 1.19 bits per heavy atom. The van der Waals surface area contributed by atoms with E-state index < -0.39 is 0 Å². The van der Waals surface area contributed by atoms with Crippen molar-refractivity contribution in [2.24, 2.45) is 0 Å². The van der Waals surface area contributed by atoms with Gasteiger partial charge in [-0.05, 0) is 50.6 Å². The van der Waals surface area contributed by atoms with E-state index in [0.29, 0.717) is 0 Å². The zero-order valence-electron chi connectivity index (χ0n) is 13.0. The highest BCUT2D eigenvalue weighted by Crippen LogP contribution is 2.22. The number of benzene rings is 1. The van der Waals surface area contributed by atoms with Crippen LogP contribution in [0.3, 0.4) is 0 Å². The predicted molar refractivity (Wildman–Crippen MR) is 85.3 cm³/mol. The maximum Gasteiger partial charge on any atom is 0.132 e. The maximum atomic E-state index is 13.3. The average Bonchev–Trinajstić information content (AvgIpc) is 2.44. The highest BCUT2D eigenvalue weighted by molar-refractivity contribution is 5.58. The highest BCUT2D eigenvalue weighted by atomic mass is 19.1. The van der Waals surface area contributed by atoms with Crippen LogP contribution in [0, 0.1) is 5.82 Å². The Labute approximate surface area is 125 Å². The lowest BCUT2D eigenvalue weighted by Gasteiger charge is -2.21. The topological polar surface area (TPSA) is 28.2 Å². The van der Waals surface area contributed by atoms with Crippen LogP contribution in [0.4, 0.5) is 15.9 Å². The fraction of sp³-hybridized carbons (Fsp3) is 0.353. The van der Waals surface area contributed by atoms with Crippen molar-refractivity contribution in [2.45, 2.75) is 32.9 Å². The number of nitrogens with one attached hydrogen (secondary N) is 1. The first-order chi connectivity index (χ1) is 9.85. The summed E-state index contributed by atoms with van der Waals surface area (Å²) in [6.45, 7) is 7.17. The zero-order valence-corrected chi connectivity index (χ0v) is 13.0. The number of halogens is 1. The van der Waals surface area contributed by atoms with Gasteiger partial charge >= 0.3 is 0 Å². The number of anilines is 2. The Morgan fingerprint density at radius 3 is 2.52 bits per heavy atom. The van der Waals surface area contributed by atoms with Crippen molar-refractivity contribution in [3.63, 3.8) is 0 Å². The smallest absolute Gasteiger partial charge is 0.132 e. The summed E-state index contributed by atoms with van der Waals surface area (Å²) in [4.78, 5) is 6.31. The minimum absolute atomic E-state index is 0.0804. The molecule has 0 fully saturated rings. The molecule has 0 saturated heterocycles. The summed E-state index contributed by atoms with van der Waals surface area (Å²) in [6.07, 6.45) is 1.85. The third kappa shape index (κ3) is 4.53. The Kier molecular flexibility index (Phi) is 4.58. The SMILES string of the molecule is CN(c1cccc(F)c1)c1ccc(CNC(C)(C)C)cn1. The zero-order chi connectivity index (χ0) is 15.5. The number of hydrogen-bond donors (Lipinski definition) is 1. The molecule has 21 heavy (non-hydrogen) atoms. The van der Waals surface area contributed by atoms with Crippen molar-refractivity contribution in [2.75, 3.05) is 11.9 Å². The van der Waals surface area contributed by atoms with Gasteiger partial charge in [-0.3, -0.25) is 0 Å². The molecule has 1 heterocycles. The molecule has 0 amide bonds. The van der Waals surface area contributed by atoms with E-state index in [4.69, 9.17) is 0 Å². The molecule has 0 atom stereocenters. The van der Waals surface area contributed by atoms with Crippen molar-refractivity contribution in [1.29, 1.82) is 0 Å². The Balaban J connectivity index is 2.08. The first-order valence-electron chi connectivity index (χ1n) is 7.04. The van der Waals surface area contributed by atoms with Gasteiger partial charge in [0.25, 0.3) is 0 Å². The minimum Gasteiger partial charge on any atom is -0.329 e. The van der Waals surface area contributed by atoms with Crippen molar-refractivity contribution in [3.05, 3.63) is 54.0 Å². The van der Waals surface area contributed by atoms with E-state index in [1.54, 1.807) is 6.07 Å². The summed E-state index contributed by atoms with van der Waals surface area (Å²) in [5.41, 5.74) is 1.99. The highest BCUT2D eigenvalue weighted by Gasteiger charge is 2.09. The van der Waals surface area contributed by atoms with Crippen LogP contribution < -0.4 is 10.2 Å². The van der Waals surface area contributed by atoms with Crippen LogP contribution in [0.5, 0.6) is 0 Å². The summed E-state index contributed by atoms with van der Waals surface area (Å²) in [5.74, 6) is 0.547. The van der Waals surface area contributed by atoms with Crippen molar-refractivity contribution in [3.8, 4) is 0 Å². The van der Waals surface area contributed by atoms with Gasteiger partial charge in [0.2, 0.25) is 0 Å². The normalized spacial score (nSPS) is 11.5. The van der Waals surface area contributed by atoms with Gasteiger partial charge in [0.1, 0.15) is 11.6 Å². The molecule has 1 aromatic carbocycles. The summed E-state index contributed by atoms with van der Waals surface area (Å²) in [7, 11) is 1.88. The van der Waals surface area contributed by atoms with Crippen LogP contribution in [0.2, 0.25) is 0 Å². The van der Waals surface area contributed by atoms with E-state index >= 15 is 0 Å². The number of aromatic nitrogens is 1. The Morgan fingerprint density at radius 2 is 1.95 bits per heavy atom. The van der Waals surface area contributed by atoms with Gasteiger partial charge in [-0.15, -0.1) is 0 Å². The van der Waals surface area contributed by atoms with Crippen molar-refractivity contribution in [1.82, 2.24) is 10.3 Å². The molecular formula is C17H22FN3. The van der Waals surface area contributed by atoms with E-state index in [9.17, 15) is 4.39 Å². The summed E-state index contributed by atoms with van der Waals surface area (Å²) in [6, 6.07) is 10.5. The largest absolute Gasteiger partial charge is 0.329 e. The number of nitrogens with zero attached hydrogens (tertiary/aromatic N) is 2. The molecule has 2 rings (SSSR count).